The number of nitrogens with one attached hydrogen (secondary N) is 1. The largest absolute Gasteiger partial charge is 0.382 e. The number of anilines is 1. The molecule has 1 fully saturated rings. The van der Waals surface area contributed by atoms with Gasteiger partial charge in [-0.3, -0.25) is 4.79 Å². The van der Waals surface area contributed by atoms with Gasteiger partial charge in [0.25, 0.3) is 0 Å². The lowest BCUT2D eigenvalue weighted by atomic mass is 9.93. The van der Waals surface area contributed by atoms with Crippen LogP contribution in [-0.4, -0.2) is 64.7 Å². The van der Waals surface area contributed by atoms with Crippen molar-refractivity contribution in [2.45, 2.75) is 59.5 Å². The fourth-order valence-electron chi connectivity index (χ4n) is 4.73. The molecule has 11 heteroatoms. The standard InChI is InChI=1S/C27H32N10O/c1-17(2)32-22-11-24(37-25-19(14-31-37)10-18(12-28)13-30-25)29-15-21(22)23-16-36(34-33-23)20-6-8-35(9-7-20)26(38)27(3,4)5/h10-11,13-17,20H,6-9H2,1-5H3,(H,29,32). The molecule has 0 aliphatic carbocycles. The maximum absolute atomic E-state index is 12.6. The predicted molar refractivity (Wildman–Crippen MR) is 143 cm³/mol. The van der Waals surface area contributed by atoms with E-state index in [0.29, 0.717) is 30.1 Å². The van der Waals surface area contributed by atoms with Crippen LogP contribution in [0.5, 0.6) is 0 Å². The average molecular weight is 513 g/mol. The van der Waals surface area contributed by atoms with Crippen LogP contribution in [0.15, 0.2) is 36.9 Å². The van der Waals surface area contributed by atoms with Crippen LogP contribution in [0.25, 0.3) is 28.1 Å². The molecule has 0 aromatic carbocycles. The van der Waals surface area contributed by atoms with Crippen molar-refractivity contribution in [1.29, 1.82) is 5.26 Å². The van der Waals surface area contributed by atoms with Crippen LogP contribution in [0.4, 0.5) is 5.69 Å². The Bertz CT molecular complexity index is 1510. The average Bonchev–Trinajstić information content (AvgIpc) is 3.55. The predicted octanol–water partition coefficient (Wildman–Crippen LogP) is 3.98. The molecule has 1 aliphatic rings. The first-order chi connectivity index (χ1) is 18.1. The van der Waals surface area contributed by atoms with Crippen molar-refractivity contribution in [3.05, 3.63) is 42.5 Å². The van der Waals surface area contributed by atoms with Gasteiger partial charge in [-0.1, -0.05) is 26.0 Å². The summed E-state index contributed by atoms with van der Waals surface area (Å²) < 4.78 is 3.58. The lowest BCUT2D eigenvalue weighted by Gasteiger charge is -2.35. The zero-order chi connectivity index (χ0) is 27.0. The number of carbonyl (C=O) groups is 1. The molecule has 0 bridgehead atoms. The first-order valence-electron chi connectivity index (χ1n) is 12.9. The minimum absolute atomic E-state index is 0.175. The molecule has 0 atom stereocenters. The Morgan fingerprint density at radius 3 is 2.58 bits per heavy atom. The highest BCUT2D eigenvalue weighted by atomic mass is 16.2. The molecule has 0 unspecified atom stereocenters. The van der Waals surface area contributed by atoms with E-state index in [1.54, 1.807) is 23.1 Å². The number of hydrogen-bond acceptors (Lipinski definition) is 8. The third-order valence-corrected chi connectivity index (χ3v) is 6.64. The van der Waals surface area contributed by atoms with Gasteiger partial charge in [0.1, 0.15) is 11.8 Å². The third kappa shape index (κ3) is 4.94. The summed E-state index contributed by atoms with van der Waals surface area (Å²) in [5.74, 6) is 0.795. The summed E-state index contributed by atoms with van der Waals surface area (Å²) in [4.78, 5) is 23.7. The molecule has 4 aromatic rings. The Labute approximate surface area is 221 Å². The van der Waals surface area contributed by atoms with E-state index in [0.717, 1.165) is 35.2 Å². The van der Waals surface area contributed by atoms with Gasteiger partial charge in [-0.05, 0) is 32.8 Å². The second kappa shape index (κ2) is 9.85. The van der Waals surface area contributed by atoms with Crippen molar-refractivity contribution in [3.8, 4) is 23.1 Å². The highest BCUT2D eigenvalue weighted by Crippen LogP contribution is 2.31. The molecule has 0 radical (unpaired) electrons. The summed E-state index contributed by atoms with van der Waals surface area (Å²) in [5.41, 5.74) is 3.16. The maximum atomic E-state index is 12.6. The molecular formula is C27H32N10O. The van der Waals surface area contributed by atoms with E-state index in [-0.39, 0.29) is 23.4 Å². The number of rotatable bonds is 5. The normalized spacial score (nSPS) is 14.7. The molecule has 196 valence electrons. The fourth-order valence-corrected chi connectivity index (χ4v) is 4.73. The van der Waals surface area contributed by atoms with Crippen molar-refractivity contribution in [3.63, 3.8) is 0 Å². The molecule has 1 aliphatic heterocycles. The fraction of sp³-hybridized carbons (Fsp3) is 0.444. The van der Waals surface area contributed by atoms with Crippen LogP contribution in [0, 0.1) is 16.7 Å². The van der Waals surface area contributed by atoms with Crippen molar-refractivity contribution in [1.82, 2.24) is 39.6 Å². The number of carbonyl (C=O) groups excluding carboxylic acids is 1. The highest BCUT2D eigenvalue weighted by molar-refractivity contribution is 5.81. The number of amides is 1. The monoisotopic (exact) mass is 512 g/mol. The smallest absolute Gasteiger partial charge is 0.227 e. The van der Waals surface area contributed by atoms with Crippen LogP contribution >= 0.6 is 0 Å². The number of hydrogen-bond donors (Lipinski definition) is 1. The topological polar surface area (TPSA) is 130 Å². The molecular weight excluding hydrogens is 480 g/mol. The molecule has 1 amide bonds. The van der Waals surface area contributed by atoms with Crippen LogP contribution in [-0.2, 0) is 4.79 Å². The lowest BCUT2D eigenvalue weighted by molar-refractivity contribution is -0.140. The Hall–Kier alpha value is -4.33. The second-order valence-electron chi connectivity index (χ2n) is 11.0. The molecule has 11 nitrogen and oxygen atoms in total. The first-order valence-corrected chi connectivity index (χ1v) is 12.9. The van der Waals surface area contributed by atoms with Gasteiger partial charge in [0.05, 0.1) is 24.0 Å². The SMILES string of the molecule is CC(C)Nc1cc(-n2ncc3cc(C#N)cnc32)ncc1-c1cn(C2CCN(C(=O)C(C)(C)C)CC2)nn1. The van der Waals surface area contributed by atoms with E-state index in [1.807, 2.05) is 42.6 Å². The van der Waals surface area contributed by atoms with Gasteiger partial charge in [0.15, 0.2) is 11.5 Å². The Morgan fingerprint density at radius 1 is 1.13 bits per heavy atom. The highest BCUT2D eigenvalue weighted by Gasteiger charge is 2.31. The van der Waals surface area contributed by atoms with E-state index in [2.05, 4.69) is 50.6 Å². The molecule has 38 heavy (non-hydrogen) atoms. The Balaban J connectivity index is 1.40. The minimum atomic E-state index is -0.371. The van der Waals surface area contributed by atoms with Gasteiger partial charge >= 0.3 is 0 Å². The molecule has 5 heterocycles. The Morgan fingerprint density at radius 2 is 1.89 bits per heavy atom. The third-order valence-electron chi connectivity index (χ3n) is 6.64. The second-order valence-corrected chi connectivity index (χ2v) is 11.0. The summed E-state index contributed by atoms with van der Waals surface area (Å²) in [6.45, 7) is 11.5. The van der Waals surface area contributed by atoms with Crippen LogP contribution in [0.1, 0.15) is 59.1 Å². The van der Waals surface area contributed by atoms with Crippen molar-refractivity contribution < 1.29 is 4.79 Å². The zero-order valence-electron chi connectivity index (χ0n) is 22.4. The van der Waals surface area contributed by atoms with E-state index in [4.69, 9.17) is 5.26 Å². The van der Waals surface area contributed by atoms with Gasteiger partial charge < -0.3 is 10.2 Å². The van der Waals surface area contributed by atoms with Crippen LogP contribution in [0.3, 0.4) is 0 Å². The summed E-state index contributed by atoms with van der Waals surface area (Å²) in [7, 11) is 0. The van der Waals surface area contributed by atoms with Crippen molar-refractivity contribution in [2.24, 2.45) is 5.41 Å². The van der Waals surface area contributed by atoms with E-state index < -0.39 is 0 Å². The molecule has 1 N–H and O–H groups in total. The number of nitrogens with zero attached hydrogens (tertiary/aromatic N) is 9. The Kier molecular flexibility index (Phi) is 6.57. The van der Waals surface area contributed by atoms with Gasteiger partial charge in [0.2, 0.25) is 5.91 Å². The van der Waals surface area contributed by atoms with E-state index >= 15 is 0 Å². The number of piperidine rings is 1. The molecule has 5 rings (SSSR count). The first kappa shape index (κ1) is 25.3. The van der Waals surface area contributed by atoms with Crippen molar-refractivity contribution in [2.75, 3.05) is 18.4 Å². The summed E-state index contributed by atoms with van der Waals surface area (Å²) in [6, 6.07) is 6.16. The minimum Gasteiger partial charge on any atom is -0.382 e. The molecule has 0 spiro atoms. The number of nitriles is 1. The lowest BCUT2D eigenvalue weighted by Crippen LogP contribution is -2.44. The van der Waals surface area contributed by atoms with Gasteiger partial charge in [-0.2, -0.15) is 15.0 Å². The van der Waals surface area contributed by atoms with Crippen LogP contribution in [0.2, 0.25) is 0 Å². The molecule has 4 aromatic heterocycles. The van der Waals surface area contributed by atoms with E-state index in [9.17, 15) is 4.79 Å². The summed E-state index contributed by atoms with van der Waals surface area (Å²) >= 11 is 0. The van der Waals surface area contributed by atoms with Gasteiger partial charge in [-0.15, -0.1) is 5.10 Å². The van der Waals surface area contributed by atoms with E-state index in [1.165, 1.54) is 6.20 Å². The summed E-state index contributed by atoms with van der Waals surface area (Å²) in [6.07, 6.45) is 8.63. The number of aromatic nitrogens is 7. The van der Waals surface area contributed by atoms with Crippen molar-refractivity contribution >= 4 is 22.6 Å². The number of fused-ring (bicyclic) bond motifs is 1. The zero-order valence-corrected chi connectivity index (χ0v) is 22.4. The van der Waals surface area contributed by atoms with Crippen LogP contribution < -0.4 is 5.32 Å². The molecule has 0 saturated carbocycles. The number of likely N-dealkylation sites (tertiary alicyclic amines) is 1. The van der Waals surface area contributed by atoms with Gasteiger partial charge in [-0.25, -0.2) is 14.6 Å². The number of pyridine rings is 2. The maximum Gasteiger partial charge on any atom is 0.227 e. The summed E-state index contributed by atoms with van der Waals surface area (Å²) in [5, 5.41) is 26.8. The quantitative estimate of drug-likeness (QED) is 0.425. The van der Waals surface area contributed by atoms with Gasteiger partial charge in [0, 0.05) is 59.6 Å². The molecule has 1 saturated heterocycles.